The van der Waals surface area contributed by atoms with Gasteiger partial charge in [-0.2, -0.15) is 0 Å². The van der Waals surface area contributed by atoms with Gasteiger partial charge in [-0.1, -0.05) is 48.3 Å². The second-order valence-corrected chi connectivity index (χ2v) is 9.81. The lowest BCUT2D eigenvalue weighted by atomic mass is 9.85. The Morgan fingerprint density at radius 1 is 1.09 bits per heavy atom. The number of nitrogens with one attached hydrogen (secondary N) is 1. The molecule has 7 nitrogen and oxygen atoms in total. The molecule has 1 fully saturated rings. The topological polar surface area (TPSA) is 86.8 Å². The number of imide groups is 1. The van der Waals surface area contributed by atoms with Crippen LogP contribution in [0.1, 0.15) is 52.0 Å². The third-order valence-corrected chi connectivity index (χ3v) is 7.39. The smallest absolute Gasteiger partial charge is 0.242 e. The zero-order valence-corrected chi connectivity index (χ0v) is 21.2. The Hall–Kier alpha value is -2.38. The van der Waals surface area contributed by atoms with Crippen molar-refractivity contribution in [1.82, 2.24) is 15.1 Å². The number of carbonyl (C=O) groups is 4. The first-order valence-electron chi connectivity index (χ1n) is 11.7. The molecule has 1 N–H and O–H groups in total. The van der Waals surface area contributed by atoms with Crippen molar-refractivity contribution >= 4 is 46.8 Å². The lowest BCUT2D eigenvalue weighted by molar-refractivity contribution is -0.143. The third-order valence-electron chi connectivity index (χ3n) is 6.65. The predicted octanol–water partition coefficient (Wildman–Crippen LogP) is 3.97. The number of benzene rings is 1. The van der Waals surface area contributed by atoms with Crippen molar-refractivity contribution in [3.8, 4) is 0 Å². The van der Waals surface area contributed by atoms with E-state index in [1.807, 2.05) is 26.0 Å². The van der Waals surface area contributed by atoms with E-state index in [1.54, 1.807) is 25.1 Å². The van der Waals surface area contributed by atoms with Gasteiger partial charge >= 0.3 is 0 Å². The third kappa shape index (κ3) is 5.81. The summed E-state index contributed by atoms with van der Waals surface area (Å²) in [5, 5.41) is 3.66. The van der Waals surface area contributed by atoms with Crippen molar-refractivity contribution in [1.29, 1.82) is 0 Å². The Labute approximate surface area is 210 Å². The number of nitrogens with zero attached hydrogens (tertiary/aromatic N) is 2. The van der Waals surface area contributed by atoms with Crippen molar-refractivity contribution in [3.63, 3.8) is 0 Å². The first kappa shape index (κ1) is 26.2. The highest BCUT2D eigenvalue weighted by atomic mass is 35.5. The van der Waals surface area contributed by atoms with Crippen LogP contribution in [0.15, 0.2) is 30.4 Å². The summed E-state index contributed by atoms with van der Waals surface area (Å²) >= 11 is 12.2. The van der Waals surface area contributed by atoms with Crippen molar-refractivity contribution in [2.24, 2.45) is 11.8 Å². The van der Waals surface area contributed by atoms with Crippen LogP contribution in [0.3, 0.4) is 0 Å². The highest BCUT2D eigenvalue weighted by Crippen LogP contribution is 2.35. The molecule has 1 saturated heterocycles. The highest BCUT2D eigenvalue weighted by Gasteiger charge is 2.47. The minimum atomic E-state index is -0.757. The molecule has 1 heterocycles. The maximum Gasteiger partial charge on any atom is 0.242 e. The molecule has 0 spiro atoms. The quantitative estimate of drug-likeness (QED) is 0.404. The number of hydrogen-bond donors (Lipinski definition) is 1. The molecule has 0 radical (unpaired) electrons. The molecule has 0 aromatic heterocycles. The Balaban J connectivity index is 1.74. The van der Waals surface area contributed by atoms with Crippen LogP contribution in [-0.4, -0.2) is 52.1 Å². The van der Waals surface area contributed by atoms with Gasteiger partial charge in [-0.15, -0.1) is 0 Å². The average molecular weight is 508 g/mol. The molecule has 1 aliphatic carbocycles. The summed E-state index contributed by atoms with van der Waals surface area (Å²) in [6.07, 6.45) is 5.66. The number of carbonyl (C=O) groups excluding carboxylic acids is 4. The molecular formula is C25H31Cl2N3O4. The summed E-state index contributed by atoms with van der Waals surface area (Å²) in [6.45, 7) is 5.67. The molecule has 0 bridgehead atoms. The fraction of sp³-hybridized carbons (Fsp3) is 0.520. The van der Waals surface area contributed by atoms with Crippen molar-refractivity contribution < 1.29 is 19.2 Å². The Bertz CT molecular complexity index is 970. The average Bonchev–Trinajstić information content (AvgIpc) is 3.07. The van der Waals surface area contributed by atoms with E-state index in [1.165, 1.54) is 9.80 Å². The monoisotopic (exact) mass is 507 g/mol. The van der Waals surface area contributed by atoms with Crippen LogP contribution >= 0.6 is 23.2 Å². The summed E-state index contributed by atoms with van der Waals surface area (Å²) in [5.74, 6) is -1.70. The summed E-state index contributed by atoms with van der Waals surface area (Å²) in [5.41, 5.74) is 0.719. The zero-order valence-electron chi connectivity index (χ0n) is 19.7. The summed E-state index contributed by atoms with van der Waals surface area (Å²) < 4.78 is 0. The van der Waals surface area contributed by atoms with Crippen LogP contribution in [0.25, 0.3) is 0 Å². The van der Waals surface area contributed by atoms with Gasteiger partial charge in [0.2, 0.25) is 23.6 Å². The van der Waals surface area contributed by atoms with E-state index in [2.05, 4.69) is 5.32 Å². The SMILES string of the molecule is CC[C@@H](C)NC(=O)[C@H](C)N(Cc1ccc(Cl)c(Cl)c1)C(=O)CCN1C(=O)[C@H]2CC=CC[C@H]2C1=O. The van der Waals surface area contributed by atoms with Crippen LogP contribution in [0.5, 0.6) is 0 Å². The molecule has 9 heteroatoms. The van der Waals surface area contributed by atoms with Crippen molar-refractivity contribution in [2.75, 3.05) is 6.54 Å². The maximum atomic E-state index is 13.3. The van der Waals surface area contributed by atoms with E-state index in [9.17, 15) is 19.2 Å². The van der Waals surface area contributed by atoms with Crippen LogP contribution < -0.4 is 5.32 Å². The van der Waals surface area contributed by atoms with Crippen LogP contribution in [-0.2, 0) is 25.7 Å². The van der Waals surface area contributed by atoms with Crippen molar-refractivity contribution in [3.05, 3.63) is 46.0 Å². The van der Waals surface area contributed by atoms with Crippen LogP contribution in [0.4, 0.5) is 0 Å². The highest BCUT2D eigenvalue weighted by molar-refractivity contribution is 6.42. The molecule has 184 valence electrons. The normalized spacial score (nSPS) is 21.3. The van der Waals surface area contributed by atoms with Crippen LogP contribution in [0.2, 0.25) is 10.0 Å². The zero-order chi connectivity index (χ0) is 25.0. The van der Waals surface area contributed by atoms with Gasteiger partial charge in [0.15, 0.2) is 0 Å². The Morgan fingerprint density at radius 2 is 1.71 bits per heavy atom. The molecule has 4 amide bonds. The van der Waals surface area contributed by atoms with Gasteiger partial charge in [0, 0.05) is 25.6 Å². The maximum absolute atomic E-state index is 13.3. The minimum Gasteiger partial charge on any atom is -0.352 e. The van der Waals surface area contributed by atoms with Crippen molar-refractivity contribution in [2.45, 2.75) is 65.1 Å². The summed E-state index contributed by atoms with van der Waals surface area (Å²) in [6, 6.07) is 4.26. The fourth-order valence-corrected chi connectivity index (χ4v) is 4.64. The number of hydrogen-bond acceptors (Lipinski definition) is 4. The van der Waals surface area contributed by atoms with Gasteiger partial charge < -0.3 is 10.2 Å². The van der Waals surface area contributed by atoms with Crippen LogP contribution in [0, 0.1) is 11.8 Å². The van der Waals surface area contributed by atoms with Gasteiger partial charge in [0.05, 0.1) is 21.9 Å². The molecular weight excluding hydrogens is 477 g/mol. The number of amides is 4. The second kappa shape index (κ2) is 11.4. The molecule has 1 aromatic rings. The lowest BCUT2D eigenvalue weighted by Crippen LogP contribution is -2.50. The van der Waals surface area contributed by atoms with Gasteiger partial charge in [0.25, 0.3) is 0 Å². The largest absolute Gasteiger partial charge is 0.352 e. The second-order valence-electron chi connectivity index (χ2n) is 9.00. The molecule has 2 aliphatic rings. The van der Waals surface area contributed by atoms with E-state index >= 15 is 0 Å². The predicted molar refractivity (Wildman–Crippen MR) is 131 cm³/mol. The van der Waals surface area contributed by atoms with E-state index in [0.29, 0.717) is 22.9 Å². The fourth-order valence-electron chi connectivity index (χ4n) is 4.32. The van der Waals surface area contributed by atoms with Gasteiger partial charge in [-0.25, -0.2) is 0 Å². The number of halogens is 2. The Morgan fingerprint density at radius 3 is 2.26 bits per heavy atom. The molecule has 1 aliphatic heterocycles. The van der Waals surface area contributed by atoms with Gasteiger partial charge in [-0.05, 0) is 50.8 Å². The summed E-state index contributed by atoms with van der Waals surface area (Å²) in [4.78, 5) is 54.3. The lowest BCUT2D eigenvalue weighted by Gasteiger charge is -2.30. The van der Waals surface area contributed by atoms with Gasteiger partial charge in [0.1, 0.15) is 6.04 Å². The van der Waals surface area contributed by atoms with E-state index in [4.69, 9.17) is 23.2 Å². The van der Waals surface area contributed by atoms with E-state index in [-0.39, 0.29) is 61.0 Å². The number of allylic oxidation sites excluding steroid dienone is 2. The minimum absolute atomic E-state index is 0.00107. The van der Waals surface area contributed by atoms with E-state index < -0.39 is 6.04 Å². The summed E-state index contributed by atoms with van der Waals surface area (Å²) in [7, 11) is 0. The number of fused-ring (bicyclic) bond motifs is 1. The first-order chi connectivity index (χ1) is 16.1. The molecule has 3 rings (SSSR count). The standard InChI is InChI=1S/C25H31Cl2N3O4/c1-4-15(2)28-23(32)16(3)30(14-17-9-10-20(26)21(27)13-17)22(31)11-12-29-24(33)18-7-5-6-8-19(18)25(29)34/h5-6,9-10,13,15-16,18-19H,4,7-8,11-12,14H2,1-3H3,(H,28,32)/t15-,16+,18-,19+/m1/s1. The first-order valence-corrected chi connectivity index (χ1v) is 12.4. The van der Waals surface area contributed by atoms with Gasteiger partial charge in [-0.3, -0.25) is 24.1 Å². The Kier molecular flexibility index (Phi) is 8.77. The molecule has 0 saturated carbocycles. The molecule has 34 heavy (non-hydrogen) atoms. The molecule has 1 aromatic carbocycles. The number of likely N-dealkylation sites (tertiary alicyclic amines) is 1. The molecule has 0 unspecified atom stereocenters. The molecule has 4 atom stereocenters. The van der Waals surface area contributed by atoms with E-state index in [0.717, 1.165) is 12.0 Å². The number of rotatable bonds is 9.